The Morgan fingerprint density at radius 1 is 1.21 bits per heavy atom. The van der Waals surface area contributed by atoms with Gasteiger partial charge in [-0.1, -0.05) is 18.5 Å². The van der Waals surface area contributed by atoms with Crippen molar-refractivity contribution in [2.75, 3.05) is 25.0 Å². The van der Waals surface area contributed by atoms with Gasteiger partial charge in [0, 0.05) is 49.0 Å². The maximum Gasteiger partial charge on any atom is 0.194 e. The predicted molar refractivity (Wildman–Crippen MR) is 115 cm³/mol. The number of allylic oxidation sites excluding steroid dienone is 1. The molecule has 148 valence electrons. The van der Waals surface area contributed by atoms with Crippen molar-refractivity contribution in [1.82, 2.24) is 30.2 Å². The maximum absolute atomic E-state index is 6.71. The Morgan fingerprint density at radius 2 is 2.03 bits per heavy atom. The average Bonchev–Trinajstić information content (AvgIpc) is 3.03. The van der Waals surface area contributed by atoms with Gasteiger partial charge in [0.25, 0.3) is 0 Å². The van der Waals surface area contributed by atoms with E-state index in [0.29, 0.717) is 16.8 Å². The van der Waals surface area contributed by atoms with Crippen LogP contribution < -0.4 is 10.2 Å². The Bertz CT molecular complexity index is 1130. The van der Waals surface area contributed by atoms with Crippen LogP contribution in [0.5, 0.6) is 0 Å². The fourth-order valence-electron chi connectivity index (χ4n) is 3.67. The van der Waals surface area contributed by atoms with Crippen LogP contribution in [-0.2, 0) is 6.42 Å². The first-order valence-electron chi connectivity index (χ1n) is 9.62. The lowest BCUT2D eigenvalue weighted by atomic mass is 10.1. The van der Waals surface area contributed by atoms with E-state index in [9.17, 15) is 0 Å². The fourth-order valence-corrected chi connectivity index (χ4v) is 4.84. The molecule has 0 bridgehead atoms. The Balaban J connectivity index is 1.51. The molecule has 3 aromatic rings. The summed E-state index contributed by atoms with van der Waals surface area (Å²) in [6.07, 6.45) is 6.82. The van der Waals surface area contributed by atoms with E-state index in [0.717, 1.165) is 58.5 Å². The van der Waals surface area contributed by atoms with Crippen LogP contribution in [0, 0.1) is 0 Å². The van der Waals surface area contributed by atoms with Gasteiger partial charge in [-0.15, -0.1) is 0 Å². The summed E-state index contributed by atoms with van der Waals surface area (Å²) < 4.78 is 0. The third-order valence-corrected chi connectivity index (χ3v) is 6.66. The summed E-state index contributed by atoms with van der Waals surface area (Å²) in [7, 11) is 1.99. The van der Waals surface area contributed by atoms with Crippen LogP contribution in [0.25, 0.3) is 16.2 Å². The zero-order valence-electron chi connectivity index (χ0n) is 16.2. The highest BCUT2D eigenvalue weighted by molar-refractivity contribution is 7.99. The number of anilines is 1. The molecule has 1 aliphatic heterocycles. The molecule has 5 rings (SSSR count). The molecule has 4 heterocycles. The van der Waals surface area contributed by atoms with Gasteiger partial charge in [0.05, 0.1) is 16.3 Å². The molecule has 0 aromatic carbocycles. The highest BCUT2D eigenvalue weighted by Crippen LogP contribution is 2.43. The SMILES string of the molecule is CCC1=C(Cl)c2c(nc(Sc3cnc4nccnc4c3)nc2N2CC(NC)C2)C1. The van der Waals surface area contributed by atoms with Crippen molar-refractivity contribution in [3.8, 4) is 0 Å². The highest BCUT2D eigenvalue weighted by atomic mass is 35.5. The summed E-state index contributed by atoms with van der Waals surface area (Å²) >= 11 is 8.21. The lowest BCUT2D eigenvalue weighted by Crippen LogP contribution is -2.57. The van der Waals surface area contributed by atoms with Crippen LogP contribution in [0.2, 0.25) is 0 Å². The molecule has 0 unspecified atom stereocenters. The number of halogens is 1. The summed E-state index contributed by atoms with van der Waals surface area (Å²) in [6.45, 7) is 3.97. The monoisotopic (exact) mass is 425 g/mol. The minimum Gasteiger partial charge on any atom is -0.353 e. The fraction of sp³-hybridized carbons (Fsp3) is 0.350. The zero-order valence-corrected chi connectivity index (χ0v) is 17.8. The van der Waals surface area contributed by atoms with Crippen molar-refractivity contribution in [2.24, 2.45) is 0 Å². The minimum absolute atomic E-state index is 0.481. The van der Waals surface area contributed by atoms with Crippen molar-refractivity contribution in [2.45, 2.75) is 35.9 Å². The Kier molecular flexibility index (Phi) is 4.85. The van der Waals surface area contributed by atoms with E-state index < -0.39 is 0 Å². The predicted octanol–water partition coefficient (Wildman–Crippen LogP) is 3.29. The summed E-state index contributed by atoms with van der Waals surface area (Å²) in [6, 6.07) is 2.45. The normalized spacial score (nSPS) is 16.4. The third-order valence-electron chi connectivity index (χ3n) is 5.38. The van der Waals surface area contributed by atoms with Crippen molar-refractivity contribution in [1.29, 1.82) is 0 Å². The largest absolute Gasteiger partial charge is 0.353 e. The molecule has 3 aromatic heterocycles. The van der Waals surface area contributed by atoms with Crippen LogP contribution >= 0.6 is 23.4 Å². The zero-order chi connectivity index (χ0) is 20.0. The number of hydrogen-bond donors (Lipinski definition) is 1. The number of rotatable bonds is 5. The summed E-state index contributed by atoms with van der Waals surface area (Å²) in [5, 5.41) is 4.85. The van der Waals surface area contributed by atoms with Crippen molar-refractivity contribution in [3.63, 3.8) is 0 Å². The molecule has 0 spiro atoms. The number of likely N-dealkylation sites (N-methyl/N-ethyl adjacent to an activating group) is 1. The summed E-state index contributed by atoms with van der Waals surface area (Å²) in [5.41, 5.74) is 4.64. The van der Waals surface area contributed by atoms with Crippen molar-refractivity contribution < 1.29 is 0 Å². The van der Waals surface area contributed by atoms with Crippen LogP contribution in [0.4, 0.5) is 5.82 Å². The molecule has 9 heteroatoms. The molecule has 7 nitrogen and oxygen atoms in total. The molecule has 0 amide bonds. The molecule has 0 radical (unpaired) electrons. The second-order valence-corrected chi connectivity index (χ2v) is 8.58. The van der Waals surface area contributed by atoms with Gasteiger partial charge in [-0.2, -0.15) is 0 Å². The number of hydrogen-bond acceptors (Lipinski definition) is 8. The Hall–Kier alpha value is -2.29. The molecule has 1 fully saturated rings. The van der Waals surface area contributed by atoms with E-state index in [1.807, 2.05) is 13.1 Å². The number of aromatic nitrogens is 5. The van der Waals surface area contributed by atoms with Crippen LogP contribution in [-0.4, -0.2) is 51.1 Å². The smallest absolute Gasteiger partial charge is 0.194 e. The van der Waals surface area contributed by atoms with Gasteiger partial charge in [0.15, 0.2) is 10.8 Å². The molecular weight excluding hydrogens is 406 g/mol. The van der Waals surface area contributed by atoms with Gasteiger partial charge in [-0.25, -0.2) is 19.9 Å². The lowest BCUT2D eigenvalue weighted by molar-refractivity contribution is 0.445. The van der Waals surface area contributed by atoms with E-state index in [1.165, 1.54) is 17.3 Å². The molecular formula is C20H20ClN7S. The third kappa shape index (κ3) is 3.35. The molecule has 1 saturated heterocycles. The van der Waals surface area contributed by atoms with Gasteiger partial charge in [0.2, 0.25) is 0 Å². The van der Waals surface area contributed by atoms with Gasteiger partial charge < -0.3 is 10.2 Å². The van der Waals surface area contributed by atoms with E-state index >= 15 is 0 Å². The van der Waals surface area contributed by atoms with Crippen molar-refractivity contribution >= 4 is 45.4 Å². The van der Waals surface area contributed by atoms with E-state index in [2.05, 4.69) is 32.1 Å². The first-order valence-corrected chi connectivity index (χ1v) is 10.8. The molecule has 0 saturated carbocycles. The van der Waals surface area contributed by atoms with E-state index in [4.69, 9.17) is 21.6 Å². The first-order chi connectivity index (χ1) is 14.2. The molecule has 1 aliphatic carbocycles. The standard InChI is InChI=1S/C20H20ClN7S/c1-3-11-6-14-16(17(11)21)19(28-9-12(10-28)22-2)27-20(26-14)29-13-7-15-18(25-8-13)24-5-4-23-15/h4-5,7-8,12,22H,3,6,9-10H2,1-2H3. The maximum atomic E-state index is 6.71. The van der Waals surface area contributed by atoms with Crippen molar-refractivity contribution in [3.05, 3.63) is 41.5 Å². The number of fused-ring (bicyclic) bond motifs is 2. The number of pyridine rings is 1. The van der Waals surface area contributed by atoms with Crippen LogP contribution in [0.1, 0.15) is 24.6 Å². The number of nitrogens with zero attached hydrogens (tertiary/aromatic N) is 6. The lowest BCUT2D eigenvalue weighted by Gasteiger charge is -2.40. The molecule has 29 heavy (non-hydrogen) atoms. The summed E-state index contributed by atoms with van der Waals surface area (Å²) in [5.74, 6) is 0.936. The number of nitrogens with one attached hydrogen (secondary N) is 1. The highest BCUT2D eigenvalue weighted by Gasteiger charge is 2.33. The van der Waals surface area contributed by atoms with Gasteiger partial charge in [-0.3, -0.25) is 4.98 Å². The van der Waals surface area contributed by atoms with Crippen LogP contribution in [0.15, 0.2) is 40.3 Å². The Labute approximate surface area is 178 Å². The topological polar surface area (TPSA) is 79.7 Å². The quantitative estimate of drug-likeness (QED) is 0.624. The van der Waals surface area contributed by atoms with Gasteiger partial charge in [0.1, 0.15) is 11.3 Å². The van der Waals surface area contributed by atoms with Gasteiger partial charge >= 0.3 is 0 Å². The molecule has 2 aliphatic rings. The summed E-state index contributed by atoms with van der Waals surface area (Å²) in [4.78, 5) is 25.9. The van der Waals surface area contributed by atoms with E-state index in [1.54, 1.807) is 18.6 Å². The molecule has 1 N–H and O–H groups in total. The van der Waals surface area contributed by atoms with Crippen LogP contribution in [0.3, 0.4) is 0 Å². The van der Waals surface area contributed by atoms with Gasteiger partial charge in [-0.05, 0) is 36.9 Å². The molecule has 0 atom stereocenters. The second kappa shape index (κ2) is 7.51. The van der Waals surface area contributed by atoms with E-state index in [-0.39, 0.29) is 0 Å². The minimum atomic E-state index is 0.481. The Morgan fingerprint density at radius 3 is 2.83 bits per heavy atom. The first kappa shape index (κ1) is 18.7. The second-order valence-electron chi connectivity index (χ2n) is 7.16. The average molecular weight is 426 g/mol.